The minimum absolute atomic E-state index is 0.109. The molecule has 20 rings (SSSR count). The molecule has 1 radical (unpaired) electrons. The van der Waals surface area contributed by atoms with Gasteiger partial charge in [0.15, 0.2) is 0 Å². The van der Waals surface area contributed by atoms with E-state index in [1.54, 1.807) is 0 Å². The van der Waals surface area contributed by atoms with Gasteiger partial charge in [-0.25, -0.2) is 0 Å². The molecule has 2 aliphatic rings. The second kappa shape index (κ2) is 25.2. The lowest BCUT2D eigenvalue weighted by Crippen LogP contribution is -2.15. The van der Waals surface area contributed by atoms with Gasteiger partial charge in [-0.1, -0.05) is 311 Å². The molecule has 0 saturated carbocycles. The van der Waals surface area contributed by atoms with Gasteiger partial charge in [0.2, 0.25) is 0 Å². The average molecular weight is 1370 g/mol. The maximum absolute atomic E-state index is 8.96. The fourth-order valence-electron chi connectivity index (χ4n) is 16.6. The summed E-state index contributed by atoms with van der Waals surface area (Å²) < 4.78 is 6.29. The first-order valence-corrected chi connectivity index (χ1v) is 35.9. The highest BCUT2D eigenvalue weighted by atomic mass is 79.9. The normalized spacial score (nSPS) is 13.0. The first-order chi connectivity index (χ1) is 49.9. The lowest BCUT2D eigenvalue weighted by molar-refractivity contribution is 0.453. The van der Waals surface area contributed by atoms with Crippen LogP contribution in [0, 0.1) is 0 Å². The fraction of sp³-hybridized carbons (Fsp3) is 0.0612. The molecule has 1 N–H and O–H groups in total. The van der Waals surface area contributed by atoms with Crippen LogP contribution in [0.4, 0.5) is 0 Å². The Hall–Kier alpha value is -11.7. The van der Waals surface area contributed by atoms with E-state index in [-0.39, 0.29) is 10.8 Å². The molecule has 0 aliphatic heterocycles. The highest BCUT2D eigenvalue weighted by Crippen LogP contribution is 2.53. The molecule has 0 heterocycles. The number of fused-ring (bicyclic) bond motifs is 18. The Kier molecular flexibility index (Phi) is 15.5. The standard InChI is InChI=1S/C49H34.C25H20BO2.C24H15Br/c1-49(2)46-29-36(22-24-42(46)43-25-23-37(30-47(43)49)35-20-18-31-10-3-4-12-33(31)26-35)34-13-9-14-38(27-34)45-28-39-21-19-32-11-5-6-15-40(32)48(39)44-17-8-7-16-41(44)45;1-25(2)23-14-19(18-8-7-16-5-3-4-6-17(16)13-18)9-11-21(23)22-12-10-20(28-26-27)15-24(22)25;25-19-8-5-7-17(14-19)23-15-18-13-12-16-6-1-2-9-20(16)24(18)22-11-4-3-10-21(22)23/h3-30H,1-2H3;3-15,27H,1-2H3;1-15H. The lowest BCUT2D eigenvalue weighted by atomic mass is 9.80. The van der Waals surface area contributed by atoms with Crippen molar-refractivity contribution in [1.29, 1.82) is 0 Å². The summed E-state index contributed by atoms with van der Waals surface area (Å²) in [6.45, 7) is 9.25. The molecule has 0 spiro atoms. The summed E-state index contributed by atoms with van der Waals surface area (Å²) in [6, 6.07) is 124. The molecule has 0 atom stereocenters. The van der Waals surface area contributed by atoms with Gasteiger partial charge in [-0.2, -0.15) is 0 Å². The average Bonchev–Trinajstić information content (AvgIpc) is 0.896. The largest absolute Gasteiger partial charge is 0.569 e. The minimum atomic E-state index is -0.133. The molecule has 0 aromatic heterocycles. The molecular weight excluding hydrogens is 1300 g/mol. The maximum atomic E-state index is 8.96. The van der Waals surface area contributed by atoms with Crippen LogP contribution in [0.2, 0.25) is 0 Å². The molecular formula is C98H69BBrO2. The Morgan fingerprint density at radius 2 is 0.578 bits per heavy atom. The van der Waals surface area contributed by atoms with Gasteiger partial charge in [0.25, 0.3) is 0 Å². The molecule has 483 valence electrons. The Morgan fingerprint density at radius 1 is 0.245 bits per heavy atom. The number of hydrogen-bond donors (Lipinski definition) is 1. The van der Waals surface area contributed by atoms with Crippen LogP contribution in [0.1, 0.15) is 49.9 Å². The van der Waals surface area contributed by atoms with Gasteiger partial charge in [0.05, 0.1) is 0 Å². The fourth-order valence-corrected chi connectivity index (χ4v) is 17.0. The Labute approximate surface area is 603 Å². The minimum Gasteiger partial charge on any atom is -0.537 e. The summed E-state index contributed by atoms with van der Waals surface area (Å²) in [5, 5.41) is 29.7. The van der Waals surface area contributed by atoms with Crippen molar-refractivity contribution in [3.05, 3.63) is 366 Å². The monoisotopic (exact) mass is 1370 g/mol. The molecule has 18 aromatic rings. The van der Waals surface area contributed by atoms with Crippen LogP contribution in [0.5, 0.6) is 5.75 Å². The molecule has 0 unspecified atom stereocenters. The van der Waals surface area contributed by atoms with Crippen molar-refractivity contribution in [2.45, 2.75) is 38.5 Å². The summed E-state index contributed by atoms with van der Waals surface area (Å²) >= 11 is 3.61. The topological polar surface area (TPSA) is 29.5 Å². The molecule has 2 nitrogen and oxygen atoms in total. The number of rotatable bonds is 7. The maximum Gasteiger partial charge on any atom is 0.569 e. The summed E-state index contributed by atoms with van der Waals surface area (Å²) in [5.74, 6) is 0.650. The molecule has 4 heteroatoms. The van der Waals surface area contributed by atoms with Gasteiger partial charge >= 0.3 is 7.69 Å². The van der Waals surface area contributed by atoms with Crippen LogP contribution >= 0.6 is 15.9 Å². The van der Waals surface area contributed by atoms with Gasteiger partial charge < -0.3 is 9.68 Å². The SMILES string of the molecule is Brc1cccc(-c2cc3ccc4ccccc4c3c3ccccc23)c1.CC1(C)c2cc(-c3cccc(-c4cc5ccc6ccccc6c5c5ccccc45)c3)ccc2-c2ccc(-c3ccc4ccccc4c3)cc21.CC1(C)c2cc(O[B]O)ccc2-c2ccc(-c3ccc4ccccc4c3)cc21. The van der Waals surface area contributed by atoms with E-state index in [9.17, 15) is 0 Å². The highest BCUT2D eigenvalue weighted by Gasteiger charge is 2.37. The highest BCUT2D eigenvalue weighted by molar-refractivity contribution is 9.10. The third kappa shape index (κ3) is 10.8. The molecule has 2 aliphatic carbocycles. The summed E-state index contributed by atoms with van der Waals surface area (Å²) in [5.41, 5.74) is 22.8. The summed E-state index contributed by atoms with van der Waals surface area (Å²) in [6.07, 6.45) is 0. The second-order valence-electron chi connectivity index (χ2n) is 28.4. The first kappa shape index (κ1) is 62.6. The molecule has 0 saturated heterocycles. The van der Waals surface area contributed by atoms with E-state index in [1.165, 1.54) is 186 Å². The van der Waals surface area contributed by atoms with E-state index in [4.69, 9.17) is 9.68 Å². The van der Waals surface area contributed by atoms with Gasteiger partial charge in [-0.05, 0) is 259 Å². The van der Waals surface area contributed by atoms with Crippen molar-refractivity contribution in [1.82, 2.24) is 0 Å². The quantitative estimate of drug-likeness (QED) is 0.127. The van der Waals surface area contributed by atoms with Gasteiger partial charge in [0, 0.05) is 15.3 Å². The van der Waals surface area contributed by atoms with Crippen LogP contribution in [0.3, 0.4) is 0 Å². The first-order valence-electron chi connectivity index (χ1n) is 35.1. The summed E-state index contributed by atoms with van der Waals surface area (Å²) in [4.78, 5) is 0. The zero-order valence-electron chi connectivity index (χ0n) is 57.1. The van der Waals surface area contributed by atoms with Crippen molar-refractivity contribution >= 4 is 110 Å². The van der Waals surface area contributed by atoms with Crippen LogP contribution < -0.4 is 4.65 Å². The molecule has 102 heavy (non-hydrogen) atoms. The summed E-state index contributed by atoms with van der Waals surface area (Å²) in [7, 11) is 0.731. The third-order valence-electron chi connectivity index (χ3n) is 21.8. The molecule has 0 bridgehead atoms. The van der Waals surface area contributed by atoms with Crippen molar-refractivity contribution in [2.75, 3.05) is 0 Å². The zero-order valence-corrected chi connectivity index (χ0v) is 58.7. The van der Waals surface area contributed by atoms with E-state index in [0.29, 0.717) is 5.75 Å². The number of hydrogen-bond acceptors (Lipinski definition) is 2. The Bertz CT molecular complexity index is 6440. The van der Waals surface area contributed by atoms with Crippen LogP contribution in [-0.4, -0.2) is 12.7 Å². The molecule has 18 aromatic carbocycles. The van der Waals surface area contributed by atoms with Gasteiger partial charge in [-0.15, -0.1) is 0 Å². The van der Waals surface area contributed by atoms with E-state index >= 15 is 0 Å². The van der Waals surface area contributed by atoms with Crippen molar-refractivity contribution in [3.8, 4) is 83.6 Å². The van der Waals surface area contributed by atoms with Crippen molar-refractivity contribution in [2.24, 2.45) is 0 Å². The van der Waals surface area contributed by atoms with E-state index < -0.39 is 0 Å². The van der Waals surface area contributed by atoms with Crippen LogP contribution in [-0.2, 0) is 10.8 Å². The molecule has 0 amide bonds. The lowest BCUT2D eigenvalue weighted by Gasteiger charge is -2.23. The molecule has 0 fully saturated rings. The number of halogens is 1. The predicted molar refractivity (Wildman–Crippen MR) is 438 cm³/mol. The van der Waals surface area contributed by atoms with E-state index in [1.807, 2.05) is 12.1 Å². The van der Waals surface area contributed by atoms with Gasteiger partial charge in [0.1, 0.15) is 5.75 Å². The predicted octanol–water partition coefficient (Wildman–Crippen LogP) is 26.9. The van der Waals surface area contributed by atoms with E-state index in [0.717, 1.165) is 12.2 Å². The van der Waals surface area contributed by atoms with E-state index in [2.05, 4.69) is 371 Å². The van der Waals surface area contributed by atoms with Crippen molar-refractivity contribution in [3.63, 3.8) is 0 Å². The zero-order chi connectivity index (χ0) is 68.8. The smallest absolute Gasteiger partial charge is 0.537 e. The van der Waals surface area contributed by atoms with Gasteiger partial charge in [-0.3, -0.25) is 0 Å². The Morgan fingerprint density at radius 3 is 1.04 bits per heavy atom. The third-order valence-corrected chi connectivity index (χ3v) is 22.3. The van der Waals surface area contributed by atoms with Crippen molar-refractivity contribution < 1.29 is 9.68 Å². The number of benzene rings is 18. The Balaban J connectivity index is 0.000000119. The van der Waals surface area contributed by atoms with Crippen LogP contribution in [0.25, 0.3) is 164 Å². The second-order valence-corrected chi connectivity index (χ2v) is 29.3. The van der Waals surface area contributed by atoms with Crippen LogP contribution in [0.15, 0.2) is 344 Å².